The highest BCUT2D eigenvalue weighted by Gasteiger charge is 2.30. The van der Waals surface area contributed by atoms with Crippen molar-refractivity contribution in [3.63, 3.8) is 0 Å². The molecule has 102 valence electrons. The van der Waals surface area contributed by atoms with Gasteiger partial charge in [-0.05, 0) is 52.0 Å². The number of sulfone groups is 1. The first-order valence-electron chi connectivity index (χ1n) is 6.92. The lowest BCUT2D eigenvalue weighted by atomic mass is 10.1. The first kappa shape index (κ1) is 15.0. The van der Waals surface area contributed by atoms with E-state index in [1.807, 2.05) is 0 Å². The summed E-state index contributed by atoms with van der Waals surface area (Å²) >= 11 is 0. The lowest BCUT2D eigenvalue weighted by molar-refractivity contribution is 0.432. The smallest absolute Gasteiger partial charge is 0.152 e. The summed E-state index contributed by atoms with van der Waals surface area (Å²) in [7, 11) is -2.83. The van der Waals surface area contributed by atoms with Crippen molar-refractivity contribution in [1.29, 1.82) is 0 Å². The minimum absolute atomic E-state index is 0.226. The van der Waals surface area contributed by atoms with Crippen LogP contribution in [0.25, 0.3) is 0 Å². The third-order valence-corrected chi connectivity index (χ3v) is 5.86. The molecule has 0 heterocycles. The van der Waals surface area contributed by atoms with Gasteiger partial charge in [-0.25, -0.2) is 8.42 Å². The van der Waals surface area contributed by atoms with Gasteiger partial charge in [0.1, 0.15) is 0 Å². The van der Waals surface area contributed by atoms with Gasteiger partial charge in [0.15, 0.2) is 9.84 Å². The summed E-state index contributed by atoms with van der Waals surface area (Å²) in [6.07, 6.45) is 5.67. The van der Waals surface area contributed by atoms with Gasteiger partial charge in [0.25, 0.3) is 0 Å². The van der Waals surface area contributed by atoms with Crippen molar-refractivity contribution in [2.24, 2.45) is 5.92 Å². The number of nitrogens with one attached hydrogen (secondary N) is 1. The minimum atomic E-state index is -2.83. The van der Waals surface area contributed by atoms with Crippen molar-refractivity contribution in [2.75, 3.05) is 12.3 Å². The van der Waals surface area contributed by atoms with E-state index in [1.165, 1.54) is 12.8 Å². The van der Waals surface area contributed by atoms with Crippen LogP contribution in [0.4, 0.5) is 0 Å². The zero-order valence-corrected chi connectivity index (χ0v) is 12.2. The van der Waals surface area contributed by atoms with Crippen molar-refractivity contribution in [1.82, 2.24) is 5.32 Å². The Balaban J connectivity index is 2.18. The summed E-state index contributed by atoms with van der Waals surface area (Å²) in [6, 6.07) is 0.627. The van der Waals surface area contributed by atoms with Crippen LogP contribution in [0.1, 0.15) is 52.9 Å². The fourth-order valence-corrected chi connectivity index (χ4v) is 3.25. The molecule has 0 aromatic carbocycles. The molecule has 0 saturated heterocycles. The zero-order valence-electron chi connectivity index (χ0n) is 11.4. The average Bonchev–Trinajstić information content (AvgIpc) is 3.06. The average molecular weight is 261 g/mol. The molecule has 0 aliphatic heterocycles. The SMILES string of the molecule is CCNC(CCCCS(=O)(=O)C(C)C)C1CC1. The van der Waals surface area contributed by atoms with Crippen LogP contribution in [-0.2, 0) is 9.84 Å². The number of hydrogen-bond donors (Lipinski definition) is 1. The highest BCUT2D eigenvalue weighted by atomic mass is 32.2. The number of unbranched alkanes of at least 4 members (excludes halogenated alkanes) is 1. The summed E-state index contributed by atoms with van der Waals surface area (Å²) in [4.78, 5) is 0. The van der Waals surface area contributed by atoms with Crippen LogP contribution < -0.4 is 5.32 Å². The van der Waals surface area contributed by atoms with E-state index >= 15 is 0 Å². The molecule has 1 atom stereocenters. The number of rotatable bonds is 9. The largest absolute Gasteiger partial charge is 0.314 e. The summed E-state index contributed by atoms with van der Waals surface area (Å²) < 4.78 is 23.3. The van der Waals surface area contributed by atoms with E-state index in [9.17, 15) is 8.42 Å². The van der Waals surface area contributed by atoms with Crippen LogP contribution in [0.2, 0.25) is 0 Å². The van der Waals surface area contributed by atoms with Gasteiger partial charge in [-0.1, -0.05) is 13.3 Å². The van der Waals surface area contributed by atoms with Crippen LogP contribution >= 0.6 is 0 Å². The Bertz CT molecular complexity index is 307. The molecule has 0 amide bonds. The lowest BCUT2D eigenvalue weighted by Gasteiger charge is -2.17. The summed E-state index contributed by atoms with van der Waals surface area (Å²) in [6.45, 7) is 6.69. The van der Waals surface area contributed by atoms with Gasteiger partial charge in [0.05, 0.1) is 11.0 Å². The lowest BCUT2D eigenvalue weighted by Crippen LogP contribution is -2.30. The minimum Gasteiger partial charge on any atom is -0.314 e. The van der Waals surface area contributed by atoms with Gasteiger partial charge in [0.2, 0.25) is 0 Å². The molecule has 1 saturated carbocycles. The van der Waals surface area contributed by atoms with E-state index in [0.717, 1.165) is 31.7 Å². The predicted octanol–water partition coefficient (Wildman–Crippen LogP) is 2.37. The van der Waals surface area contributed by atoms with Gasteiger partial charge < -0.3 is 5.32 Å². The maximum atomic E-state index is 11.6. The Kier molecular flexibility index (Phi) is 5.93. The van der Waals surface area contributed by atoms with Crippen molar-refractivity contribution in [2.45, 2.75) is 64.2 Å². The third kappa shape index (κ3) is 5.38. The third-order valence-electron chi connectivity index (χ3n) is 3.57. The van der Waals surface area contributed by atoms with E-state index in [-0.39, 0.29) is 5.25 Å². The van der Waals surface area contributed by atoms with E-state index in [1.54, 1.807) is 13.8 Å². The summed E-state index contributed by atoms with van der Waals surface area (Å²) in [5, 5.41) is 3.29. The highest BCUT2D eigenvalue weighted by Crippen LogP contribution is 2.34. The van der Waals surface area contributed by atoms with Crippen LogP contribution in [0, 0.1) is 5.92 Å². The molecule has 4 heteroatoms. The predicted molar refractivity (Wildman–Crippen MR) is 73.0 cm³/mol. The molecule has 1 aliphatic rings. The van der Waals surface area contributed by atoms with Gasteiger partial charge in [-0.3, -0.25) is 0 Å². The quantitative estimate of drug-likeness (QED) is 0.648. The van der Waals surface area contributed by atoms with Crippen LogP contribution in [0.5, 0.6) is 0 Å². The second-order valence-electron chi connectivity index (χ2n) is 5.41. The van der Waals surface area contributed by atoms with Crippen LogP contribution in [0.15, 0.2) is 0 Å². The molecular weight excluding hydrogens is 234 g/mol. The Hall–Kier alpha value is -0.0900. The van der Waals surface area contributed by atoms with Crippen LogP contribution in [0.3, 0.4) is 0 Å². The standard InChI is InChI=1S/C13H27NO2S/c1-4-14-13(12-8-9-12)7-5-6-10-17(15,16)11(2)3/h11-14H,4-10H2,1-3H3. The van der Waals surface area contributed by atoms with E-state index in [2.05, 4.69) is 12.2 Å². The first-order valence-corrected chi connectivity index (χ1v) is 8.64. The molecule has 17 heavy (non-hydrogen) atoms. The normalized spacial score (nSPS) is 18.6. The fraction of sp³-hybridized carbons (Fsp3) is 1.00. The summed E-state index contributed by atoms with van der Waals surface area (Å²) in [5.74, 6) is 1.21. The van der Waals surface area contributed by atoms with E-state index in [0.29, 0.717) is 11.8 Å². The maximum Gasteiger partial charge on any atom is 0.152 e. The molecule has 0 radical (unpaired) electrons. The zero-order chi connectivity index (χ0) is 12.9. The highest BCUT2D eigenvalue weighted by molar-refractivity contribution is 7.91. The Labute approximate surface area is 106 Å². The second-order valence-corrected chi connectivity index (χ2v) is 8.09. The number of hydrogen-bond acceptors (Lipinski definition) is 3. The molecule has 0 aromatic heterocycles. The van der Waals surface area contributed by atoms with Gasteiger partial charge >= 0.3 is 0 Å². The van der Waals surface area contributed by atoms with Crippen LogP contribution in [-0.4, -0.2) is 32.0 Å². The Morgan fingerprint density at radius 3 is 2.35 bits per heavy atom. The molecule has 0 aromatic rings. The van der Waals surface area contributed by atoms with Crippen molar-refractivity contribution < 1.29 is 8.42 Å². The topological polar surface area (TPSA) is 46.2 Å². The molecular formula is C13H27NO2S. The van der Waals surface area contributed by atoms with Crippen molar-refractivity contribution in [3.8, 4) is 0 Å². The Morgan fingerprint density at radius 2 is 1.88 bits per heavy atom. The molecule has 1 rings (SSSR count). The van der Waals surface area contributed by atoms with Crippen molar-refractivity contribution in [3.05, 3.63) is 0 Å². The molecule has 3 nitrogen and oxygen atoms in total. The molecule has 1 N–H and O–H groups in total. The van der Waals surface area contributed by atoms with Crippen molar-refractivity contribution >= 4 is 9.84 Å². The van der Waals surface area contributed by atoms with E-state index in [4.69, 9.17) is 0 Å². The van der Waals surface area contributed by atoms with E-state index < -0.39 is 9.84 Å². The molecule has 1 unspecified atom stereocenters. The molecule has 0 spiro atoms. The first-order chi connectivity index (χ1) is 7.97. The monoisotopic (exact) mass is 261 g/mol. The molecule has 1 aliphatic carbocycles. The summed E-state index contributed by atoms with van der Waals surface area (Å²) in [5.41, 5.74) is 0. The second kappa shape index (κ2) is 6.74. The van der Waals surface area contributed by atoms with Gasteiger partial charge in [-0.2, -0.15) is 0 Å². The fourth-order valence-electron chi connectivity index (χ4n) is 2.17. The molecule has 0 bridgehead atoms. The molecule has 1 fully saturated rings. The Morgan fingerprint density at radius 1 is 1.24 bits per heavy atom. The maximum absolute atomic E-state index is 11.6. The van der Waals surface area contributed by atoms with Gasteiger partial charge in [-0.15, -0.1) is 0 Å². The van der Waals surface area contributed by atoms with Gasteiger partial charge in [0, 0.05) is 6.04 Å².